The van der Waals surface area contributed by atoms with Crippen molar-refractivity contribution in [2.24, 2.45) is 0 Å². The molecule has 1 fully saturated rings. The summed E-state index contributed by atoms with van der Waals surface area (Å²) < 4.78 is 13.7. The smallest absolute Gasteiger partial charge is 0.129 e. The molecular weight excluding hydrogens is 251 g/mol. The maximum atomic E-state index is 13.7. The first kappa shape index (κ1) is 13.8. The van der Waals surface area contributed by atoms with Gasteiger partial charge < -0.3 is 5.32 Å². The van der Waals surface area contributed by atoms with E-state index in [-0.39, 0.29) is 5.82 Å². The van der Waals surface area contributed by atoms with Crippen LogP contribution < -0.4 is 5.32 Å². The van der Waals surface area contributed by atoms with Crippen LogP contribution in [0.2, 0.25) is 5.02 Å². The van der Waals surface area contributed by atoms with E-state index in [2.05, 4.69) is 17.1 Å². The molecule has 4 heteroatoms. The summed E-state index contributed by atoms with van der Waals surface area (Å²) in [6.07, 6.45) is 2.34. The molecule has 2 rings (SSSR count). The highest BCUT2D eigenvalue weighted by Crippen LogP contribution is 2.21. The number of halogens is 2. The number of piperazine rings is 1. The fourth-order valence-corrected chi connectivity index (χ4v) is 2.71. The minimum atomic E-state index is -0.201. The number of hydrogen-bond acceptors (Lipinski definition) is 2. The van der Waals surface area contributed by atoms with Crippen LogP contribution in [-0.2, 0) is 6.54 Å². The van der Waals surface area contributed by atoms with Gasteiger partial charge in [0.2, 0.25) is 0 Å². The molecule has 0 amide bonds. The third kappa shape index (κ3) is 3.44. The fourth-order valence-electron chi connectivity index (χ4n) is 2.49. The van der Waals surface area contributed by atoms with Gasteiger partial charge in [0, 0.05) is 42.8 Å². The van der Waals surface area contributed by atoms with Crippen molar-refractivity contribution in [3.05, 3.63) is 34.6 Å². The van der Waals surface area contributed by atoms with E-state index in [4.69, 9.17) is 11.6 Å². The number of nitrogens with zero attached hydrogens (tertiary/aromatic N) is 1. The topological polar surface area (TPSA) is 15.3 Å². The molecule has 18 heavy (non-hydrogen) atoms. The molecule has 1 aromatic carbocycles. The van der Waals surface area contributed by atoms with Gasteiger partial charge in [-0.1, -0.05) is 31.0 Å². The molecule has 1 heterocycles. The first-order valence-corrected chi connectivity index (χ1v) is 6.97. The summed E-state index contributed by atoms with van der Waals surface area (Å²) in [6.45, 7) is 5.68. The quantitative estimate of drug-likeness (QED) is 0.905. The second kappa shape index (κ2) is 6.50. The Balaban J connectivity index is 2.00. The molecule has 1 saturated heterocycles. The van der Waals surface area contributed by atoms with Crippen molar-refractivity contribution in [3.8, 4) is 0 Å². The Morgan fingerprint density at radius 3 is 3.06 bits per heavy atom. The van der Waals surface area contributed by atoms with Crippen molar-refractivity contribution in [1.82, 2.24) is 10.2 Å². The van der Waals surface area contributed by atoms with Crippen LogP contribution in [0.1, 0.15) is 25.3 Å². The van der Waals surface area contributed by atoms with Gasteiger partial charge in [-0.2, -0.15) is 0 Å². The van der Waals surface area contributed by atoms with E-state index in [1.165, 1.54) is 18.9 Å². The predicted octanol–water partition coefficient (Wildman–Crippen LogP) is 3.05. The molecule has 0 radical (unpaired) electrons. The first-order valence-electron chi connectivity index (χ1n) is 6.59. The maximum Gasteiger partial charge on any atom is 0.129 e. The van der Waals surface area contributed by atoms with E-state index in [0.717, 1.165) is 19.6 Å². The number of nitrogens with one attached hydrogen (secondary N) is 1. The van der Waals surface area contributed by atoms with Crippen molar-refractivity contribution in [1.29, 1.82) is 0 Å². The van der Waals surface area contributed by atoms with Crippen LogP contribution in [0, 0.1) is 5.82 Å². The second-order valence-corrected chi connectivity index (χ2v) is 5.28. The molecule has 1 aliphatic heterocycles. The number of rotatable bonds is 4. The van der Waals surface area contributed by atoms with Crippen molar-refractivity contribution in [2.75, 3.05) is 19.6 Å². The average Bonchev–Trinajstić information content (AvgIpc) is 2.35. The molecule has 100 valence electrons. The highest BCUT2D eigenvalue weighted by molar-refractivity contribution is 6.31. The molecule has 1 N–H and O–H groups in total. The molecule has 0 aromatic heterocycles. The lowest BCUT2D eigenvalue weighted by molar-refractivity contribution is 0.185. The molecule has 1 atom stereocenters. The standard InChI is InChI=1S/C14H20ClFN2/c1-2-4-11-9-18(8-7-17-11)10-12-13(15)5-3-6-14(12)16/h3,5-6,11,17H,2,4,7-10H2,1H3. The monoisotopic (exact) mass is 270 g/mol. The SMILES string of the molecule is CCCC1CN(Cc2c(F)cccc2Cl)CCN1. The zero-order valence-corrected chi connectivity index (χ0v) is 11.5. The Hall–Kier alpha value is -0.640. The van der Waals surface area contributed by atoms with Gasteiger partial charge in [0.25, 0.3) is 0 Å². The van der Waals surface area contributed by atoms with Crippen molar-refractivity contribution in [2.45, 2.75) is 32.4 Å². The summed E-state index contributed by atoms with van der Waals surface area (Å²) in [5.41, 5.74) is 0.622. The molecular formula is C14H20ClFN2. The van der Waals surface area contributed by atoms with E-state index < -0.39 is 0 Å². The summed E-state index contributed by atoms with van der Waals surface area (Å²) in [6, 6.07) is 5.41. The molecule has 0 bridgehead atoms. The molecule has 1 unspecified atom stereocenters. The second-order valence-electron chi connectivity index (χ2n) is 4.88. The number of hydrogen-bond donors (Lipinski definition) is 1. The summed E-state index contributed by atoms with van der Waals surface area (Å²) in [7, 11) is 0. The Morgan fingerprint density at radius 2 is 2.33 bits per heavy atom. The lowest BCUT2D eigenvalue weighted by Crippen LogP contribution is -2.50. The zero-order valence-electron chi connectivity index (χ0n) is 10.8. The minimum absolute atomic E-state index is 0.201. The van der Waals surface area contributed by atoms with E-state index in [1.807, 2.05) is 0 Å². The Bertz CT molecular complexity index is 375. The minimum Gasteiger partial charge on any atom is -0.311 e. The van der Waals surface area contributed by atoms with Gasteiger partial charge in [-0.3, -0.25) is 4.90 Å². The van der Waals surface area contributed by atoms with E-state index in [9.17, 15) is 4.39 Å². The maximum absolute atomic E-state index is 13.7. The molecule has 1 aromatic rings. The van der Waals surface area contributed by atoms with E-state index in [0.29, 0.717) is 23.2 Å². The Labute approximate surface area is 113 Å². The predicted molar refractivity (Wildman–Crippen MR) is 73.4 cm³/mol. The normalized spacial score (nSPS) is 21.2. The Morgan fingerprint density at radius 1 is 1.50 bits per heavy atom. The van der Waals surface area contributed by atoms with Gasteiger partial charge in [-0.25, -0.2) is 4.39 Å². The molecule has 0 aliphatic carbocycles. The summed E-state index contributed by atoms with van der Waals surface area (Å²) >= 11 is 6.06. The molecule has 0 spiro atoms. The van der Waals surface area contributed by atoms with Crippen LogP contribution in [0.3, 0.4) is 0 Å². The van der Waals surface area contributed by atoms with Crippen LogP contribution in [0.5, 0.6) is 0 Å². The molecule has 2 nitrogen and oxygen atoms in total. The fraction of sp³-hybridized carbons (Fsp3) is 0.571. The van der Waals surface area contributed by atoms with Crippen LogP contribution in [-0.4, -0.2) is 30.6 Å². The highest BCUT2D eigenvalue weighted by Gasteiger charge is 2.20. The highest BCUT2D eigenvalue weighted by atomic mass is 35.5. The first-order chi connectivity index (χ1) is 8.70. The van der Waals surface area contributed by atoms with Crippen LogP contribution >= 0.6 is 11.6 Å². The Kier molecular flexibility index (Phi) is 4.98. The molecule has 0 saturated carbocycles. The largest absolute Gasteiger partial charge is 0.311 e. The van der Waals surface area contributed by atoms with Crippen molar-refractivity contribution in [3.63, 3.8) is 0 Å². The van der Waals surface area contributed by atoms with Gasteiger partial charge in [-0.05, 0) is 18.6 Å². The van der Waals surface area contributed by atoms with Gasteiger partial charge >= 0.3 is 0 Å². The summed E-state index contributed by atoms with van der Waals surface area (Å²) in [5.74, 6) is -0.201. The van der Waals surface area contributed by atoms with Crippen molar-refractivity contribution < 1.29 is 4.39 Å². The number of benzene rings is 1. The van der Waals surface area contributed by atoms with Crippen LogP contribution in [0.25, 0.3) is 0 Å². The summed E-state index contributed by atoms with van der Waals surface area (Å²) in [5, 5.41) is 4.02. The third-order valence-electron chi connectivity index (χ3n) is 3.42. The van der Waals surface area contributed by atoms with Crippen LogP contribution in [0.15, 0.2) is 18.2 Å². The molecule has 1 aliphatic rings. The van der Waals surface area contributed by atoms with E-state index >= 15 is 0 Å². The third-order valence-corrected chi connectivity index (χ3v) is 3.77. The lowest BCUT2D eigenvalue weighted by Gasteiger charge is -2.33. The van der Waals surface area contributed by atoms with Crippen LogP contribution in [0.4, 0.5) is 4.39 Å². The lowest BCUT2D eigenvalue weighted by atomic mass is 10.1. The van der Waals surface area contributed by atoms with Crippen molar-refractivity contribution >= 4 is 11.6 Å². The average molecular weight is 271 g/mol. The van der Waals surface area contributed by atoms with Gasteiger partial charge in [0.15, 0.2) is 0 Å². The zero-order chi connectivity index (χ0) is 13.0. The van der Waals surface area contributed by atoms with E-state index in [1.54, 1.807) is 12.1 Å². The van der Waals surface area contributed by atoms with Gasteiger partial charge in [-0.15, -0.1) is 0 Å². The van der Waals surface area contributed by atoms with Gasteiger partial charge in [0.1, 0.15) is 5.82 Å². The summed E-state index contributed by atoms with van der Waals surface area (Å²) in [4.78, 5) is 2.28. The van der Waals surface area contributed by atoms with Gasteiger partial charge in [0.05, 0.1) is 0 Å².